The smallest absolute Gasteiger partial charge is 0.244 e. The number of carbonyl (C=O) groups is 4. The molecule has 3 aliphatic rings. The van der Waals surface area contributed by atoms with Gasteiger partial charge in [-0.2, -0.15) is 10.4 Å². The molecule has 13 nitrogen and oxygen atoms in total. The number of imide groups is 1. The molecule has 9 rings (SSSR count). The maximum Gasteiger partial charge on any atom is 0.244 e. The molecule has 5 heterocycles. The van der Waals surface area contributed by atoms with Crippen molar-refractivity contribution in [3.63, 3.8) is 0 Å². The quantitative estimate of drug-likeness (QED) is 0.0852. The van der Waals surface area contributed by atoms with E-state index in [2.05, 4.69) is 48.7 Å². The average Bonchev–Trinajstić information content (AvgIpc) is 3.98. The Bertz CT molecular complexity index is 2650. The minimum absolute atomic E-state index is 0.0206. The second-order valence-corrected chi connectivity index (χ2v) is 17.3. The van der Waals surface area contributed by atoms with Crippen LogP contribution in [0.5, 0.6) is 0 Å². The average molecular weight is 856 g/mol. The van der Waals surface area contributed by atoms with Crippen molar-refractivity contribution in [2.24, 2.45) is 5.92 Å². The van der Waals surface area contributed by atoms with E-state index in [0.717, 1.165) is 103 Å². The van der Waals surface area contributed by atoms with E-state index in [-0.39, 0.29) is 36.0 Å². The van der Waals surface area contributed by atoms with Gasteiger partial charge in [0.15, 0.2) is 5.78 Å². The molecule has 2 unspecified atom stereocenters. The number of likely N-dealkylation sites (tertiary alicyclic amines) is 1. The fourth-order valence-electron chi connectivity index (χ4n) is 9.46. The molecule has 3 aliphatic heterocycles. The zero-order valence-electron chi connectivity index (χ0n) is 35.9. The largest absolute Gasteiger partial charge is 0.369 e. The van der Waals surface area contributed by atoms with Crippen molar-refractivity contribution in [2.75, 3.05) is 57.3 Å². The number of ketones is 1. The summed E-state index contributed by atoms with van der Waals surface area (Å²) in [6, 6.07) is 33.2. The zero-order chi connectivity index (χ0) is 44.0. The number of nitrogens with zero attached hydrogens (tertiary/aromatic N) is 6. The maximum atomic E-state index is 14.2. The summed E-state index contributed by atoms with van der Waals surface area (Å²) in [5, 5.41) is 20.5. The Morgan fingerprint density at radius 1 is 0.859 bits per heavy atom. The molecule has 2 atom stereocenters. The van der Waals surface area contributed by atoms with Gasteiger partial charge < -0.3 is 20.1 Å². The standard InChI is InChI=1S/C51H53N9O4/c52-29-36-8-6-35(7-9-36)18-21-53-49(39-4-2-1-3-5-39)50(63)45-31-54-46-28-40(12-15-44(45)46)41-30-55-60(33-41)34-48(62)59-22-19-37(20-23-59)32-57-24-26-58(27-25-57)42-13-10-38(11-14-42)43-16-17-47(61)56-51(43)64/h1-15,28,30-31,33,37,43,49,53-54H,16-27,32,34H2,(H,56,61,64). The number of anilines is 1. The first-order chi connectivity index (χ1) is 31.3. The number of Topliss-reactive ketones (excluding diaryl/α,β-unsaturated/α-hetero) is 1. The molecule has 6 aromatic rings. The molecule has 64 heavy (non-hydrogen) atoms. The van der Waals surface area contributed by atoms with Gasteiger partial charge in [0.2, 0.25) is 17.7 Å². The summed E-state index contributed by atoms with van der Waals surface area (Å²) in [6.45, 7) is 7.17. The Morgan fingerprint density at radius 3 is 2.36 bits per heavy atom. The van der Waals surface area contributed by atoms with Crippen LogP contribution < -0.4 is 15.5 Å². The monoisotopic (exact) mass is 855 g/mol. The molecule has 0 spiro atoms. The van der Waals surface area contributed by atoms with Gasteiger partial charge in [-0.05, 0) is 84.2 Å². The lowest BCUT2D eigenvalue weighted by Gasteiger charge is -2.39. The zero-order valence-corrected chi connectivity index (χ0v) is 35.9. The summed E-state index contributed by atoms with van der Waals surface area (Å²) in [6.07, 6.45) is 9.12. The minimum atomic E-state index is -0.533. The number of amides is 3. The van der Waals surface area contributed by atoms with Gasteiger partial charge >= 0.3 is 0 Å². The van der Waals surface area contributed by atoms with Crippen molar-refractivity contribution in [3.05, 3.63) is 143 Å². The Morgan fingerprint density at radius 2 is 1.62 bits per heavy atom. The number of fused-ring (bicyclic) bond motifs is 1. The Labute approximate surface area is 373 Å². The molecule has 326 valence electrons. The number of nitrogens with one attached hydrogen (secondary N) is 3. The van der Waals surface area contributed by atoms with Crippen LogP contribution in [-0.4, -0.2) is 100 Å². The van der Waals surface area contributed by atoms with Crippen LogP contribution in [-0.2, 0) is 27.3 Å². The van der Waals surface area contributed by atoms with Crippen molar-refractivity contribution >= 4 is 40.1 Å². The number of aromatic nitrogens is 3. The summed E-state index contributed by atoms with van der Waals surface area (Å²) in [4.78, 5) is 61.7. The van der Waals surface area contributed by atoms with Crippen molar-refractivity contribution in [2.45, 2.75) is 50.6 Å². The molecule has 0 radical (unpaired) electrons. The van der Waals surface area contributed by atoms with E-state index in [4.69, 9.17) is 5.26 Å². The van der Waals surface area contributed by atoms with Crippen LogP contribution in [0.25, 0.3) is 22.0 Å². The molecule has 3 saturated heterocycles. The topological polar surface area (TPSA) is 159 Å². The van der Waals surface area contributed by atoms with Gasteiger partial charge in [-0.1, -0.05) is 66.7 Å². The van der Waals surface area contributed by atoms with Gasteiger partial charge in [-0.25, -0.2) is 0 Å². The van der Waals surface area contributed by atoms with Crippen LogP contribution in [0.3, 0.4) is 0 Å². The first kappa shape index (κ1) is 42.4. The van der Waals surface area contributed by atoms with Crippen molar-refractivity contribution < 1.29 is 19.2 Å². The number of hydrogen-bond acceptors (Lipinski definition) is 9. The highest BCUT2D eigenvalue weighted by atomic mass is 16.2. The Kier molecular flexibility index (Phi) is 12.8. The number of H-pyrrole nitrogens is 1. The van der Waals surface area contributed by atoms with Gasteiger partial charge in [0.25, 0.3) is 0 Å². The third-order valence-corrected chi connectivity index (χ3v) is 13.2. The van der Waals surface area contributed by atoms with Crippen LogP contribution in [0.4, 0.5) is 5.69 Å². The Hall–Kier alpha value is -6.88. The molecule has 3 fully saturated rings. The highest BCUT2D eigenvalue weighted by molar-refractivity contribution is 6.11. The van der Waals surface area contributed by atoms with E-state index in [1.807, 2.05) is 96.0 Å². The van der Waals surface area contributed by atoms with Crippen molar-refractivity contribution in [3.8, 4) is 17.2 Å². The normalized spacial score (nSPS) is 17.9. The summed E-state index contributed by atoms with van der Waals surface area (Å²) >= 11 is 0. The molecule has 3 amide bonds. The summed E-state index contributed by atoms with van der Waals surface area (Å²) in [5.41, 5.74) is 8.02. The highest BCUT2D eigenvalue weighted by Crippen LogP contribution is 2.30. The number of piperazine rings is 1. The van der Waals surface area contributed by atoms with Gasteiger partial charge in [0.05, 0.1) is 29.8 Å². The predicted octanol–water partition coefficient (Wildman–Crippen LogP) is 6.24. The van der Waals surface area contributed by atoms with E-state index in [9.17, 15) is 19.2 Å². The number of aromatic amines is 1. The van der Waals surface area contributed by atoms with Gasteiger partial charge in [-0.3, -0.25) is 34.1 Å². The van der Waals surface area contributed by atoms with Crippen molar-refractivity contribution in [1.29, 1.82) is 5.26 Å². The van der Waals surface area contributed by atoms with Crippen LogP contribution in [0.15, 0.2) is 116 Å². The van der Waals surface area contributed by atoms with E-state index in [1.165, 1.54) is 0 Å². The molecule has 3 N–H and O–H groups in total. The summed E-state index contributed by atoms with van der Waals surface area (Å²) < 4.78 is 1.72. The minimum Gasteiger partial charge on any atom is -0.369 e. The van der Waals surface area contributed by atoms with Crippen LogP contribution in [0.2, 0.25) is 0 Å². The fourth-order valence-corrected chi connectivity index (χ4v) is 9.46. The summed E-state index contributed by atoms with van der Waals surface area (Å²) in [7, 11) is 0. The molecule has 0 bridgehead atoms. The number of hydrogen-bond donors (Lipinski definition) is 3. The number of benzene rings is 4. The lowest BCUT2D eigenvalue weighted by Crippen LogP contribution is -2.49. The van der Waals surface area contributed by atoms with E-state index >= 15 is 0 Å². The molecule has 2 aromatic heterocycles. The van der Waals surface area contributed by atoms with Gasteiger partial charge in [0.1, 0.15) is 6.54 Å². The predicted molar refractivity (Wildman–Crippen MR) is 245 cm³/mol. The summed E-state index contributed by atoms with van der Waals surface area (Å²) in [5.74, 6) is -0.0478. The Balaban J connectivity index is 0.743. The highest BCUT2D eigenvalue weighted by Gasteiger charge is 2.30. The fraction of sp³-hybridized carbons (Fsp3) is 0.333. The van der Waals surface area contributed by atoms with E-state index in [0.29, 0.717) is 42.9 Å². The first-order valence-electron chi connectivity index (χ1n) is 22.4. The van der Waals surface area contributed by atoms with E-state index in [1.54, 1.807) is 17.1 Å². The second-order valence-electron chi connectivity index (χ2n) is 17.3. The van der Waals surface area contributed by atoms with Crippen molar-refractivity contribution in [1.82, 2.24) is 35.2 Å². The molecule has 0 aliphatic carbocycles. The second kappa shape index (κ2) is 19.2. The van der Waals surface area contributed by atoms with Gasteiger partial charge in [0, 0.05) is 98.9 Å². The number of rotatable bonds is 14. The van der Waals surface area contributed by atoms with Crippen LogP contribution in [0, 0.1) is 17.2 Å². The van der Waals surface area contributed by atoms with Crippen LogP contribution in [0.1, 0.15) is 70.3 Å². The van der Waals surface area contributed by atoms with Crippen LogP contribution >= 0.6 is 0 Å². The maximum absolute atomic E-state index is 14.2. The lowest BCUT2D eigenvalue weighted by atomic mass is 9.90. The number of nitriles is 1. The molecular formula is C51H53N9O4. The molecular weight excluding hydrogens is 803 g/mol. The van der Waals surface area contributed by atoms with Gasteiger partial charge in [-0.15, -0.1) is 0 Å². The number of carbonyl (C=O) groups excluding carboxylic acids is 4. The number of piperidine rings is 2. The third kappa shape index (κ3) is 9.68. The third-order valence-electron chi connectivity index (χ3n) is 13.2. The van der Waals surface area contributed by atoms with E-state index < -0.39 is 6.04 Å². The first-order valence-corrected chi connectivity index (χ1v) is 22.4. The molecule has 0 saturated carbocycles. The lowest BCUT2D eigenvalue weighted by molar-refractivity contribution is -0.135. The molecule has 4 aromatic carbocycles. The SMILES string of the molecule is N#Cc1ccc(CCNC(C(=O)c2c[nH]c3cc(-c4cnn(CC(=O)N5CCC(CN6CCN(c7ccc(C8CCC(=O)NC8=O)cc7)CC6)CC5)c4)ccc23)c2ccccc2)cc1. The molecule has 13 heteroatoms.